The normalized spacial score (nSPS) is 30.4. The van der Waals surface area contributed by atoms with Crippen LogP contribution in [0.4, 0.5) is 23.8 Å². The number of imidazole rings is 4. The summed E-state index contributed by atoms with van der Waals surface area (Å²) in [6.45, 7) is -5.17. The number of nitrogen functional groups attached to an aromatic ring is 4. The molecule has 26 N–H and O–H groups in total. The molecule has 6 aliphatic rings. The minimum atomic E-state index is -6.10. The van der Waals surface area contributed by atoms with Gasteiger partial charge >= 0.3 is 58.3 Å². The fraction of sp³-hybridized carbons (Fsp3) is 0.533. The number of hydrogen-bond donors (Lipinski definition) is 22. The van der Waals surface area contributed by atoms with E-state index in [-0.39, 0.29) is 17.5 Å². The molecule has 0 aromatic carbocycles. The predicted octanol–water partition coefficient (Wildman–Crippen LogP) is -7.85. The molecule has 0 spiro atoms. The Morgan fingerprint density at radius 1 is 0.353 bits per heavy atom. The van der Waals surface area contributed by atoms with E-state index in [9.17, 15) is 126 Å². The van der Waals surface area contributed by atoms with Crippen LogP contribution in [0.3, 0.4) is 0 Å². The minimum Gasteiger partial charge on any atom is -0.390 e. The number of nitrogens with two attached hydrogens (primary N) is 4. The van der Waals surface area contributed by atoms with Crippen LogP contribution in [-0.2, 0) is 106 Å². The second kappa shape index (κ2) is 36.7. The number of anilines is 4. The molecule has 133 heavy (non-hydrogen) atoms. The zero-order chi connectivity index (χ0) is 95.7. The second-order valence-corrected chi connectivity index (χ2v) is 38.4. The Morgan fingerprint density at radius 3 is 0.910 bits per heavy atom. The van der Waals surface area contributed by atoms with E-state index in [2.05, 4.69) is 69.3 Å². The molecule has 724 valence electrons. The number of aliphatic hydroxyl groups excluding tert-OH is 5. The predicted molar refractivity (Wildman–Crippen MR) is 426 cm³/mol. The fourth-order valence-corrected chi connectivity index (χ4v) is 20.2. The Bertz CT molecular complexity index is 6990. The smallest absolute Gasteiger partial charge is 0.390 e. The van der Waals surface area contributed by atoms with Crippen LogP contribution in [0.15, 0.2) is 76.1 Å². The van der Waals surface area contributed by atoms with Gasteiger partial charge in [0.2, 0.25) is 23.8 Å². The molecule has 10 aromatic heterocycles. The van der Waals surface area contributed by atoms with Crippen LogP contribution in [0.1, 0.15) is 61.3 Å². The zero-order valence-electron chi connectivity index (χ0n) is 67.1. The van der Waals surface area contributed by atoms with Crippen molar-refractivity contribution in [3.05, 3.63) is 132 Å². The van der Waals surface area contributed by atoms with Crippen LogP contribution in [-0.4, -0.2) is 294 Å². The highest BCUT2D eigenvalue weighted by atomic mass is 31.2. The molecule has 5 unspecified atom stereocenters. The van der Waals surface area contributed by atoms with E-state index >= 15 is 0 Å². The van der Waals surface area contributed by atoms with Crippen molar-refractivity contribution in [1.29, 1.82) is 0 Å². The molecule has 6 saturated heterocycles. The summed E-state index contributed by atoms with van der Waals surface area (Å²) in [5.41, 5.74) is 12.4. The Hall–Kier alpha value is -9.82. The van der Waals surface area contributed by atoms with Crippen molar-refractivity contribution < 1.29 is 165 Å². The number of rotatable bonds is 34. The second-order valence-electron chi connectivity index (χ2n) is 30.1. The van der Waals surface area contributed by atoms with Crippen molar-refractivity contribution >= 4 is 115 Å². The number of fused-ring (bicyclic) bond motifs is 4. The summed E-state index contributed by atoms with van der Waals surface area (Å²) in [7, 11) is -34.8. The van der Waals surface area contributed by atoms with Crippen LogP contribution < -0.4 is 67.7 Å². The number of hydrogen-bond acceptors (Lipinski definition) is 48. The van der Waals surface area contributed by atoms with Crippen LogP contribution in [0.2, 0.25) is 0 Å². The maximum absolute atomic E-state index is 14.7. The molecule has 27 atom stereocenters. The van der Waals surface area contributed by atoms with Crippen molar-refractivity contribution in [2.75, 3.05) is 62.6 Å². The Labute approximate surface area is 731 Å². The Morgan fingerprint density at radius 2 is 0.617 bits per heavy atom. The average Bonchev–Trinajstić information content (AvgIpc) is 1.62. The third-order valence-corrected chi connectivity index (χ3v) is 26.6. The lowest BCUT2D eigenvalue weighted by Gasteiger charge is -2.27. The third-order valence-electron chi connectivity index (χ3n) is 21.1. The zero-order valence-corrected chi connectivity index (χ0v) is 72.5. The number of H-pyrrole nitrogens is 6. The van der Waals surface area contributed by atoms with Crippen LogP contribution >= 0.6 is 46.9 Å². The maximum atomic E-state index is 14.7. The van der Waals surface area contributed by atoms with Crippen molar-refractivity contribution in [3.8, 4) is 0 Å². The molecule has 16 heterocycles. The van der Waals surface area contributed by atoms with E-state index < -0.39 is 341 Å². The van der Waals surface area contributed by atoms with Gasteiger partial charge in [-0.05, 0) is 13.8 Å². The lowest BCUT2D eigenvalue weighted by atomic mass is 10.1. The highest BCUT2D eigenvalue weighted by molar-refractivity contribution is 7.48. The first-order valence-corrected chi connectivity index (χ1v) is 47.3. The first kappa shape index (κ1) is 96.3. The third kappa shape index (κ3) is 20.3. The van der Waals surface area contributed by atoms with Gasteiger partial charge in [0.05, 0.1) is 71.1 Å². The quantitative estimate of drug-likeness (QED) is 0.0167. The highest BCUT2D eigenvalue weighted by Crippen LogP contribution is 2.57. The minimum absolute atomic E-state index is 0.0426. The molecular formula is C60H76N24O43P6. The molecule has 0 aliphatic carbocycles. The number of phosphoric acid groups is 6. The van der Waals surface area contributed by atoms with Gasteiger partial charge in [-0.3, -0.25) is 136 Å². The van der Waals surface area contributed by atoms with E-state index in [4.69, 9.17) is 96.6 Å². The van der Waals surface area contributed by atoms with Crippen LogP contribution in [0.5, 0.6) is 0 Å². The average molecular weight is 2010 g/mol. The van der Waals surface area contributed by atoms with Gasteiger partial charge in [-0.2, -0.15) is 19.9 Å². The van der Waals surface area contributed by atoms with Gasteiger partial charge in [0.25, 0.3) is 33.4 Å². The molecule has 0 bridgehead atoms. The fourth-order valence-electron chi connectivity index (χ4n) is 15.1. The Balaban J connectivity index is 0.648. The van der Waals surface area contributed by atoms with Crippen molar-refractivity contribution in [1.82, 2.24) is 97.2 Å². The molecule has 6 aliphatic heterocycles. The van der Waals surface area contributed by atoms with Gasteiger partial charge in [-0.25, -0.2) is 56.9 Å². The lowest BCUT2D eigenvalue weighted by molar-refractivity contribution is -0.0645. The van der Waals surface area contributed by atoms with Gasteiger partial charge in [0.1, 0.15) is 104 Å². The monoisotopic (exact) mass is 2010 g/mol. The molecule has 10 aromatic rings. The Kier molecular flexibility index (Phi) is 26.6. The summed E-state index contributed by atoms with van der Waals surface area (Å²) in [6.07, 6.45) is -40.4. The van der Waals surface area contributed by atoms with Crippen molar-refractivity contribution in [3.63, 3.8) is 0 Å². The standard InChI is InChI=1S/C60H76N24O43P6/c1-17-5-79(59(96)77-45(17)90)27-3-19(85)21(117-27)7-112-130(103,104)124-38-24(120-52(34(38)87)82-14-66-30-42(82)70-56(62)74-48(30)93)10-114-132(107,108)126-40-26(122-54(36(40)89)84-16-68-32-44(84)72-58(64)76-50(32)95)12-116-133(109,110)127-39-25(121-53(35(39)88)83-15-67-31-43(83)71-57(63)75-49(31)94)11-115-131(105,106)125-37-23(119-51(33(37)86)81-13-65-29-41(81)69-55(61)73-47(29)92)9-113-129(101,102)123-20-4-28(118-22(20)8-111-128(98,99)100)80-6-18(2)46(91)78-60(80)97/h5-6,13-16,19-28,33-40,51-54,85-89H,3-4,7-12H2,1-2H3,(H,101,102)(H,103,104)(H,105,106)(H,107,108)(H,109,110)(H,77,90,96)(H,78,91,97)(H2,98,99,100)(H3,61,69,73,92)(H3,62,70,74,93)(H3,63,71,75,94)(H3,64,72,76,95)/t19-,20-,21+,22+,23+,24+,25+,26+,27+,28+,33+,34+,35+,36+,37+,38+,39+,40+,51+,52+,53+,54+/m0/s1. The van der Waals surface area contributed by atoms with E-state index in [1.807, 2.05) is 4.98 Å². The van der Waals surface area contributed by atoms with Crippen LogP contribution in [0.25, 0.3) is 44.7 Å². The van der Waals surface area contributed by atoms with Gasteiger partial charge in [-0.15, -0.1) is 0 Å². The first-order valence-electron chi connectivity index (χ1n) is 38.3. The SMILES string of the molecule is Cc1cn([C@H]2C[C@H](OP(=O)(O)OC[C@H]3O[C@@H](n4cnc5c(=O)[nH]c(N)nc54)[C@H](O)[C@@H]3OP(=O)(O)OC[C@H]3O[C@@H](n4cnc5c(=O)[nH]c(N)nc54)[C@H](O)[C@@H]3OP(=O)(O)OC[C@H]3O[C@@H](n4cnc5c(=O)[nH]c(N)nc54)[C@H](O)[C@@H]3OP(=O)(O)OC[C@H]3O[C@@H](n4cnc5c(=O)[nH]c(N)nc54)[C@H](O)[C@@H]3OP(=O)(O)OC[C@H]3O[C@@H](n4cc(C)c(=O)[nH]c4=O)C[C@@H]3O)[C@@H](COP(=O)(O)O)O2)c(=O)[nH]c1=O. The number of aromatic amines is 6. The summed E-state index contributed by atoms with van der Waals surface area (Å²) < 4.78 is 183. The molecule has 16 rings (SSSR count). The summed E-state index contributed by atoms with van der Waals surface area (Å²) in [6, 6.07) is 0. The summed E-state index contributed by atoms with van der Waals surface area (Å²) in [4.78, 5) is 223. The van der Waals surface area contributed by atoms with Gasteiger partial charge in [0.15, 0.2) is 69.6 Å². The highest BCUT2D eigenvalue weighted by Gasteiger charge is 2.58. The van der Waals surface area contributed by atoms with Gasteiger partial charge in [-0.1, -0.05) is 0 Å². The van der Waals surface area contributed by atoms with Crippen LogP contribution in [0, 0.1) is 13.8 Å². The number of ether oxygens (including phenoxy) is 6. The summed E-state index contributed by atoms with van der Waals surface area (Å²) >= 11 is 0. The van der Waals surface area contributed by atoms with E-state index in [1.54, 1.807) is 0 Å². The number of nitrogens with zero attached hydrogens (tertiary/aromatic N) is 14. The summed E-state index contributed by atoms with van der Waals surface area (Å²) in [5, 5.41) is 59.4. The molecule has 0 saturated carbocycles. The molecule has 0 radical (unpaired) electrons. The molecule has 67 nitrogen and oxygen atoms in total. The van der Waals surface area contributed by atoms with Gasteiger partial charge < -0.3 is 111 Å². The largest absolute Gasteiger partial charge is 0.472 e. The van der Waals surface area contributed by atoms with E-state index in [0.717, 1.165) is 65.1 Å². The summed E-state index contributed by atoms with van der Waals surface area (Å²) in [5.74, 6) is -2.15. The van der Waals surface area contributed by atoms with Crippen molar-refractivity contribution in [2.45, 2.75) is 162 Å². The van der Waals surface area contributed by atoms with E-state index in [1.165, 1.54) is 13.8 Å². The van der Waals surface area contributed by atoms with Crippen molar-refractivity contribution in [2.24, 2.45) is 0 Å². The lowest BCUT2D eigenvalue weighted by Crippen LogP contribution is -2.38. The van der Waals surface area contributed by atoms with Gasteiger partial charge in [0, 0.05) is 36.4 Å². The molecule has 73 heteroatoms. The number of aromatic nitrogens is 20. The molecule has 6 fully saturated rings. The topological polar surface area (TPSA) is 970 Å². The number of aryl methyl sites for hydroxylation is 2. The first-order chi connectivity index (χ1) is 62.4. The molecular weight excluding hydrogens is 1930 g/mol. The maximum Gasteiger partial charge on any atom is 0.472 e. The molecule has 0 amide bonds. The van der Waals surface area contributed by atoms with E-state index in [0.29, 0.717) is 0 Å². The number of phosphoric ester groups is 6. The number of aliphatic hydroxyl groups is 5. The number of nitrogens with one attached hydrogen (secondary N) is 6.